The summed E-state index contributed by atoms with van der Waals surface area (Å²) in [6.45, 7) is 18.7. The average Bonchev–Trinajstić information content (AvgIpc) is 3.97. The Morgan fingerprint density at radius 3 is 2.17 bits per heavy atom. The number of methoxy groups -OCH3 is 2. The van der Waals surface area contributed by atoms with E-state index >= 15 is 4.79 Å². The maximum atomic E-state index is 15.1. The number of fused-ring (bicyclic) bond motifs is 1. The highest BCUT2D eigenvalue weighted by Crippen LogP contribution is 2.49. The van der Waals surface area contributed by atoms with E-state index in [2.05, 4.69) is 9.88 Å². The molecule has 4 aliphatic rings. The minimum atomic E-state index is -1.45. The van der Waals surface area contributed by atoms with Gasteiger partial charge in [-0.2, -0.15) is 0 Å². The number of nitrogens with zero attached hydrogens (tertiary/aromatic N) is 3. The Morgan fingerprint density at radius 2 is 1.57 bits per heavy atom. The number of ether oxygens (including phenoxy) is 7. The van der Waals surface area contributed by atoms with Gasteiger partial charge >= 0.3 is 11.9 Å². The van der Waals surface area contributed by atoms with Crippen LogP contribution in [-0.2, 0) is 49.4 Å². The van der Waals surface area contributed by atoms with Crippen molar-refractivity contribution in [3.05, 3.63) is 46.2 Å². The molecule has 4 heterocycles. The molecule has 4 fully saturated rings. The maximum Gasteiger partial charge on any atom is 0.320 e. The molecule has 18 heteroatoms. The highest BCUT2D eigenvalue weighted by Gasteiger charge is 2.61. The minimum absolute atomic E-state index is 0.0777. The van der Waals surface area contributed by atoms with Crippen LogP contribution in [0.15, 0.2) is 30.6 Å². The molecule has 15 nitrogen and oxygen atoms in total. The first-order valence-corrected chi connectivity index (χ1v) is 27.6. The summed E-state index contributed by atoms with van der Waals surface area (Å²) in [7, 11) is 6.84. The van der Waals surface area contributed by atoms with Crippen molar-refractivity contribution < 1.29 is 57.4 Å². The number of esters is 2. The van der Waals surface area contributed by atoms with E-state index in [9.17, 15) is 19.5 Å². The van der Waals surface area contributed by atoms with Crippen LogP contribution < -0.4 is 14.4 Å². The molecule has 3 aliphatic heterocycles. The van der Waals surface area contributed by atoms with Crippen LogP contribution in [0.2, 0.25) is 10.0 Å². The normalized spacial score (nSPS) is 33.9. The molecule has 1 aliphatic carbocycles. The Bertz CT molecular complexity index is 2150. The molecule has 1 saturated carbocycles. The van der Waals surface area contributed by atoms with Crippen LogP contribution in [-0.4, -0.2) is 138 Å². The van der Waals surface area contributed by atoms with Gasteiger partial charge in [0, 0.05) is 85.4 Å². The van der Waals surface area contributed by atoms with Crippen LogP contribution in [0.3, 0.4) is 0 Å². The molecule has 0 spiro atoms. The summed E-state index contributed by atoms with van der Waals surface area (Å²) in [5.74, 6) is -4.85. The van der Waals surface area contributed by atoms with Crippen LogP contribution in [0.5, 0.6) is 11.5 Å². The van der Waals surface area contributed by atoms with Crippen LogP contribution in [0.4, 0.5) is 5.69 Å². The van der Waals surface area contributed by atoms with Gasteiger partial charge in [-0.05, 0) is 98.9 Å². The number of carbonyl (C=O) groups is 4. The lowest BCUT2D eigenvalue weighted by atomic mass is 9.70. The summed E-state index contributed by atoms with van der Waals surface area (Å²) < 4.78 is 43.9. The van der Waals surface area contributed by atoms with Gasteiger partial charge in [0.15, 0.2) is 29.2 Å². The molecule has 0 bridgehead atoms. The van der Waals surface area contributed by atoms with E-state index < -0.39 is 88.4 Å². The predicted molar refractivity (Wildman–Crippen MR) is 281 cm³/mol. The Hall–Kier alpha value is -3.22. The van der Waals surface area contributed by atoms with Gasteiger partial charge in [0.1, 0.15) is 29.2 Å². The molecule has 2 aromatic rings. The number of thioether (sulfide) groups is 1. The van der Waals surface area contributed by atoms with Crippen molar-refractivity contribution in [3.8, 4) is 11.5 Å². The number of hydrogen-bond acceptors (Lipinski definition) is 16. The van der Waals surface area contributed by atoms with E-state index in [1.54, 1.807) is 40.3 Å². The second kappa shape index (κ2) is 26.0. The summed E-state index contributed by atoms with van der Waals surface area (Å²) in [6.07, 6.45) is 3.58. The largest absolute Gasteiger partial charge is 0.493 e. The quantitative estimate of drug-likeness (QED) is 0.132. The van der Waals surface area contributed by atoms with Crippen LogP contribution in [0.25, 0.3) is 0 Å². The average molecular weight is 1070 g/mol. The SMILES string of the molecule is CC.CC[C@H]1OC(=O)C(C)C(=O)[C@H](C)[C@@H](O[C@@H]2OC(C)CC(N(C)C)[C@H]2O)C(C)(OC)C[C@@H](C)C(=O)C(C)C2C(SCCN(Cc3c(Cl)cncc3Cl)c3ccc(OC)c(OC4CCCC4)c3)C(=O)O[C@@]21C. The third-order valence-corrected chi connectivity index (χ3v) is 17.3. The second-order valence-corrected chi connectivity index (χ2v) is 22.5. The molecule has 6 rings (SSSR count). The van der Waals surface area contributed by atoms with Gasteiger partial charge in [0.2, 0.25) is 0 Å². The number of rotatable bonds is 15. The fourth-order valence-electron chi connectivity index (χ4n) is 11.3. The molecular formula is C54H81Cl2N3O12S. The molecule has 7 unspecified atom stereocenters. The minimum Gasteiger partial charge on any atom is -0.493 e. The third kappa shape index (κ3) is 13.2. The molecular weight excluding hydrogens is 986 g/mol. The van der Waals surface area contributed by atoms with Crippen molar-refractivity contribution in [1.82, 2.24) is 9.88 Å². The number of anilines is 1. The highest BCUT2D eigenvalue weighted by atomic mass is 35.5. The number of Topliss-reactive ketones (excluding diaryl/α,β-unsaturated/α-hetero) is 2. The molecule has 72 heavy (non-hydrogen) atoms. The van der Waals surface area contributed by atoms with Gasteiger partial charge in [0.25, 0.3) is 0 Å². The van der Waals surface area contributed by atoms with Gasteiger partial charge in [0.05, 0.1) is 41.1 Å². The zero-order valence-electron chi connectivity index (χ0n) is 44.9. The van der Waals surface area contributed by atoms with E-state index in [-0.39, 0.29) is 36.9 Å². The number of hydrogen-bond donors (Lipinski definition) is 1. The van der Waals surface area contributed by atoms with E-state index in [0.29, 0.717) is 52.4 Å². The third-order valence-electron chi connectivity index (χ3n) is 15.4. The first-order valence-electron chi connectivity index (χ1n) is 25.8. The van der Waals surface area contributed by atoms with Crippen molar-refractivity contribution in [3.63, 3.8) is 0 Å². The molecule has 1 aromatic carbocycles. The monoisotopic (exact) mass is 1070 g/mol. The fourth-order valence-corrected chi connectivity index (χ4v) is 13.2. The van der Waals surface area contributed by atoms with Crippen molar-refractivity contribution in [2.45, 2.75) is 180 Å². The number of ketones is 2. The number of cyclic esters (lactones) is 1. The highest BCUT2D eigenvalue weighted by molar-refractivity contribution is 8.00. The summed E-state index contributed by atoms with van der Waals surface area (Å²) in [5.41, 5.74) is -1.28. The number of aliphatic hydroxyl groups is 1. The molecule has 3 saturated heterocycles. The summed E-state index contributed by atoms with van der Waals surface area (Å²) in [4.78, 5) is 66.4. The first kappa shape index (κ1) is 59.7. The lowest BCUT2D eigenvalue weighted by Crippen LogP contribution is -2.59. The zero-order valence-corrected chi connectivity index (χ0v) is 47.2. The number of carbonyl (C=O) groups excluding carboxylic acids is 4. The maximum absolute atomic E-state index is 15.1. The number of likely N-dealkylation sites (N-methyl/N-ethyl adjacent to an activating group) is 1. The van der Waals surface area contributed by atoms with E-state index in [1.807, 2.05) is 78.7 Å². The van der Waals surface area contributed by atoms with Gasteiger partial charge in [-0.1, -0.05) is 64.7 Å². The van der Waals surface area contributed by atoms with Crippen LogP contribution in [0.1, 0.15) is 120 Å². The summed E-state index contributed by atoms with van der Waals surface area (Å²) in [5, 5.41) is 11.5. The molecule has 1 N–H and O–H groups in total. The number of halogens is 2. The smallest absolute Gasteiger partial charge is 0.320 e. The van der Waals surface area contributed by atoms with Gasteiger partial charge in [-0.3, -0.25) is 24.2 Å². The topological polar surface area (TPSA) is 172 Å². The predicted octanol–water partition coefficient (Wildman–Crippen LogP) is 9.41. The van der Waals surface area contributed by atoms with Crippen molar-refractivity contribution in [2.75, 3.05) is 45.5 Å². The van der Waals surface area contributed by atoms with Gasteiger partial charge in [-0.15, -0.1) is 11.8 Å². The Labute approximate surface area is 442 Å². The molecule has 1 aromatic heterocycles. The molecule has 0 radical (unpaired) electrons. The zero-order chi connectivity index (χ0) is 53.4. The lowest BCUT2D eigenvalue weighted by molar-refractivity contribution is -0.295. The second-order valence-electron chi connectivity index (χ2n) is 20.5. The Kier molecular flexibility index (Phi) is 21.6. The number of aliphatic hydroxyl groups excluding tert-OH is 1. The fraction of sp³-hybridized carbons (Fsp3) is 0.722. The number of pyridine rings is 1. The Morgan fingerprint density at radius 1 is 0.917 bits per heavy atom. The molecule has 404 valence electrons. The van der Waals surface area contributed by atoms with Gasteiger partial charge in [-0.25, -0.2) is 0 Å². The molecule has 0 amide bonds. The van der Waals surface area contributed by atoms with Gasteiger partial charge < -0.3 is 48.1 Å². The van der Waals surface area contributed by atoms with E-state index in [0.717, 1.165) is 31.4 Å². The van der Waals surface area contributed by atoms with Crippen LogP contribution in [0, 0.1) is 29.6 Å². The standard InChI is InChI=1S/C52H75Cl2N3O12S.C2H6/c1-13-41-52(8)42(30(4)43(58)28(2)24-51(7,64-12)47(31(5)44(59)32(6)48(61)67-41)68-50-45(60)38(56(9)10)22-29(3)65-50)46(49(62)69-52)70-21-20-57(27-35-36(53)25-55-26-37(35)54)33-18-19-39(63-11)40(23-33)66-34-16-14-15-17-34;1-2/h18-19,23,25-26,28-32,34,38,41-42,45-47,50,60H,13-17,20-22,24,27H2,1-12H3;1-2H3/t28-,29?,30?,31+,32?,38?,41-,42?,45-,46?,47-,50+,51?,52-;/m1./s1. The first-order chi connectivity index (χ1) is 34.1. The number of aromatic nitrogens is 1. The van der Waals surface area contributed by atoms with Crippen molar-refractivity contribution in [1.29, 1.82) is 0 Å². The van der Waals surface area contributed by atoms with E-state index in [4.69, 9.17) is 56.4 Å². The molecule has 14 atom stereocenters. The lowest BCUT2D eigenvalue weighted by Gasteiger charge is -2.47. The van der Waals surface area contributed by atoms with Crippen LogP contribution >= 0.6 is 35.0 Å². The summed E-state index contributed by atoms with van der Waals surface area (Å²) >= 11 is 14.8. The Balaban J connectivity index is 0.00000475. The van der Waals surface area contributed by atoms with E-state index in [1.165, 1.54) is 25.8 Å². The summed E-state index contributed by atoms with van der Waals surface area (Å²) in [6, 6.07) is 5.46. The van der Waals surface area contributed by atoms with Crippen molar-refractivity contribution >= 4 is 64.2 Å². The van der Waals surface area contributed by atoms with Crippen molar-refractivity contribution in [2.24, 2.45) is 29.6 Å². The number of benzene rings is 1.